The van der Waals surface area contributed by atoms with Gasteiger partial charge in [-0.25, -0.2) is 0 Å². The number of Topliss-reactive ketones (excluding diaryl/α,β-unsaturated/α-hetero) is 1. The van der Waals surface area contributed by atoms with E-state index in [9.17, 15) is 9.90 Å². The Morgan fingerprint density at radius 3 is 2.42 bits per heavy atom. The number of hydrogen-bond acceptors (Lipinski definition) is 6. The van der Waals surface area contributed by atoms with E-state index in [1.165, 1.54) is 21.3 Å². The Kier molecular flexibility index (Phi) is 7.37. The van der Waals surface area contributed by atoms with Crippen LogP contribution in [0.3, 0.4) is 0 Å². The molecule has 0 amide bonds. The molecule has 1 N–H and O–H groups in total. The second kappa shape index (κ2) is 10.2. The Hall–Kier alpha value is -3.24. The van der Waals surface area contributed by atoms with Gasteiger partial charge in [0.1, 0.15) is 17.2 Å². The Balaban J connectivity index is 2.33. The van der Waals surface area contributed by atoms with Crippen LogP contribution in [0.1, 0.15) is 21.5 Å². The number of carbonyl (C=O) groups excluding carboxylic acids is 1. The molecule has 160 valence electrons. The smallest absolute Gasteiger partial charge is 0.240 e. The molecule has 0 atom stereocenters. The van der Waals surface area contributed by atoms with E-state index in [4.69, 9.17) is 30.5 Å². The molecule has 0 aliphatic heterocycles. The van der Waals surface area contributed by atoms with E-state index in [2.05, 4.69) is 11.8 Å². The molecule has 6 nitrogen and oxygen atoms in total. The van der Waals surface area contributed by atoms with E-state index >= 15 is 0 Å². The van der Waals surface area contributed by atoms with Gasteiger partial charge in [-0.15, -0.1) is 0 Å². The van der Waals surface area contributed by atoms with Crippen LogP contribution in [0.15, 0.2) is 42.5 Å². The van der Waals surface area contributed by atoms with E-state index in [1.807, 2.05) is 18.2 Å². The number of benzene rings is 3. The van der Waals surface area contributed by atoms with Crippen molar-refractivity contribution < 1.29 is 28.8 Å². The van der Waals surface area contributed by atoms with Crippen molar-refractivity contribution in [2.75, 3.05) is 28.1 Å². The predicted molar refractivity (Wildman–Crippen MR) is 118 cm³/mol. The molecule has 3 rings (SSSR count). The van der Waals surface area contributed by atoms with Gasteiger partial charge in [0.05, 0.1) is 36.8 Å². The summed E-state index contributed by atoms with van der Waals surface area (Å²) >= 11 is 6.39. The summed E-state index contributed by atoms with van der Waals surface area (Å²) in [6.07, 6.45) is 0. The Bertz CT molecular complexity index is 1160. The van der Waals surface area contributed by atoms with Crippen LogP contribution < -0.4 is 14.2 Å². The minimum absolute atomic E-state index is 0.109. The van der Waals surface area contributed by atoms with Crippen molar-refractivity contribution >= 4 is 28.2 Å². The Morgan fingerprint density at radius 1 is 1.06 bits per heavy atom. The quantitative estimate of drug-likeness (QED) is 0.337. The van der Waals surface area contributed by atoms with E-state index in [0.29, 0.717) is 33.4 Å². The summed E-state index contributed by atoms with van der Waals surface area (Å²) in [5.41, 5.74) is 1.12. The van der Waals surface area contributed by atoms with Crippen molar-refractivity contribution in [1.29, 1.82) is 0 Å². The maximum absolute atomic E-state index is 13.2. The normalized spacial score (nSPS) is 10.4. The van der Waals surface area contributed by atoms with Crippen molar-refractivity contribution in [1.82, 2.24) is 0 Å². The zero-order chi connectivity index (χ0) is 22.4. The zero-order valence-electron chi connectivity index (χ0n) is 17.3. The van der Waals surface area contributed by atoms with Crippen molar-refractivity contribution in [3.8, 4) is 29.1 Å². The number of fused-ring (bicyclic) bond motifs is 1. The maximum atomic E-state index is 13.2. The molecule has 0 bridgehead atoms. The third-order valence-electron chi connectivity index (χ3n) is 4.57. The molecular weight excluding hydrogens is 420 g/mol. The van der Waals surface area contributed by atoms with Crippen molar-refractivity contribution in [2.24, 2.45) is 0 Å². The fourth-order valence-corrected chi connectivity index (χ4v) is 3.50. The maximum Gasteiger partial charge on any atom is 0.240 e. The zero-order valence-corrected chi connectivity index (χ0v) is 18.1. The largest absolute Gasteiger partial charge is 0.496 e. The number of carbonyl (C=O) groups is 1. The number of methoxy groups -OCH3 is 3. The second-order valence-corrected chi connectivity index (χ2v) is 6.82. The first kappa shape index (κ1) is 22.4. The summed E-state index contributed by atoms with van der Waals surface area (Å²) in [6.45, 7) is -0.560. The standard InChI is InChI=1S/C24H21ClO6/c1-28-14-31-24-21(19(27)10-9-15-7-5-4-6-8-15)16(13-26)11-17-20(29-2)12-18(25)23(30-3)22(17)24/h4-8,11-12,26H,13-14H2,1-3H3. The highest BCUT2D eigenvalue weighted by atomic mass is 35.5. The first-order valence-electron chi connectivity index (χ1n) is 9.29. The molecule has 3 aromatic rings. The summed E-state index contributed by atoms with van der Waals surface area (Å²) in [5.74, 6) is 5.83. The van der Waals surface area contributed by atoms with Crippen LogP contribution in [0, 0.1) is 11.8 Å². The average molecular weight is 441 g/mol. The van der Waals surface area contributed by atoms with E-state index in [1.54, 1.807) is 24.3 Å². The van der Waals surface area contributed by atoms with Crippen LogP contribution in [0.4, 0.5) is 0 Å². The first-order valence-corrected chi connectivity index (χ1v) is 9.67. The third kappa shape index (κ3) is 4.59. The molecule has 3 aromatic carbocycles. The average Bonchev–Trinajstić information content (AvgIpc) is 2.80. The monoisotopic (exact) mass is 440 g/mol. The molecule has 0 unspecified atom stereocenters. The predicted octanol–water partition coefficient (Wildman–Crippen LogP) is 4.22. The molecule has 0 saturated carbocycles. The highest BCUT2D eigenvalue weighted by Gasteiger charge is 2.25. The summed E-state index contributed by atoms with van der Waals surface area (Å²) < 4.78 is 21.8. The Morgan fingerprint density at radius 2 is 1.81 bits per heavy atom. The van der Waals surface area contributed by atoms with Crippen LogP contribution in [0.5, 0.6) is 17.2 Å². The molecule has 0 saturated heterocycles. The van der Waals surface area contributed by atoms with Crippen LogP contribution >= 0.6 is 11.6 Å². The van der Waals surface area contributed by atoms with Crippen LogP contribution in [0.25, 0.3) is 10.8 Å². The van der Waals surface area contributed by atoms with Gasteiger partial charge >= 0.3 is 0 Å². The van der Waals surface area contributed by atoms with Gasteiger partial charge in [-0.2, -0.15) is 0 Å². The SMILES string of the molecule is COCOc1c(C(=O)C#Cc2ccccc2)c(CO)cc2c(OC)cc(Cl)c(OC)c12. The van der Waals surface area contributed by atoms with Gasteiger partial charge in [0.2, 0.25) is 5.78 Å². The molecular formula is C24H21ClO6. The molecule has 7 heteroatoms. The van der Waals surface area contributed by atoms with E-state index in [-0.39, 0.29) is 23.1 Å². The number of aliphatic hydroxyl groups excluding tert-OH is 1. The topological polar surface area (TPSA) is 74.2 Å². The van der Waals surface area contributed by atoms with Gasteiger partial charge in [-0.3, -0.25) is 4.79 Å². The number of halogens is 1. The van der Waals surface area contributed by atoms with Crippen LogP contribution in [0.2, 0.25) is 5.02 Å². The molecule has 0 fully saturated rings. The van der Waals surface area contributed by atoms with E-state index in [0.717, 1.165) is 0 Å². The lowest BCUT2D eigenvalue weighted by molar-refractivity contribution is 0.0512. The summed E-state index contributed by atoms with van der Waals surface area (Å²) in [7, 11) is 4.42. The van der Waals surface area contributed by atoms with Crippen LogP contribution in [-0.4, -0.2) is 39.0 Å². The molecule has 0 spiro atoms. The second-order valence-electron chi connectivity index (χ2n) is 6.41. The van der Waals surface area contributed by atoms with Gasteiger partial charge < -0.3 is 24.1 Å². The van der Waals surface area contributed by atoms with Crippen molar-refractivity contribution in [3.05, 3.63) is 64.2 Å². The van der Waals surface area contributed by atoms with Gasteiger partial charge in [0, 0.05) is 24.1 Å². The lowest BCUT2D eigenvalue weighted by Crippen LogP contribution is -2.10. The minimum Gasteiger partial charge on any atom is -0.496 e. The molecule has 0 aromatic heterocycles. The summed E-state index contributed by atoms with van der Waals surface area (Å²) in [4.78, 5) is 13.2. The lowest BCUT2D eigenvalue weighted by atomic mass is 9.95. The van der Waals surface area contributed by atoms with Gasteiger partial charge in [-0.05, 0) is 29.7 Å². The lowest BCUT2D eigenvalue weighted by Gasteiger charge is -2.19. The molecule has 0 radical (unpaired) electrons. The van der Waals surface area contributed by atoms with Crippen molar-refractivity contribution in [2.45, 2.75) is 6.61 Å². The first-order chi connectivity index (χ1) is 15.0. The highest BCUT2D eigenvalue weighted by Crippen LogP contribution is 2.46. The number of hydrogen-bond donors (Lipinski definition) is 1. The molecule has 0 aliphatic rings. The van der Waals surface area contributed by atoms with Gasteiger partial charge in [-0.1, -0.05) is 35.7 Å². The summed E-state index contributed by atoms with van der Waals surface area (Å²) in [6, 6.07) is 12.4. The fraction of sp³-hybridized carbons (Fsp3) is 0.208. The van der Waals surface area contributed by atoms with E-state index < -0.39 is 12.4 Å². The number of ether oxygens (including phenoxy) is 4. The van der Waals surface area contributed by atoms with Crippen molar-refractivity contribution in [3.63, 3.8) is 0 Å². The highest BCUT2D eigenvalue weighted by molar-refractivity contribution is 6.34. The minimum atomic E-state index is -0.526. The molecule has 0 heterocycles. The van der Waals surface area contributed by atoms with Crippen LogP contribution in [-0.2, 0) is 11.3 Å². The number of rotatable bonds is 7. The number of aliphatic hydroxyl groups is 1. The summed E-state index contributed by atoms with van der Waals surface area (Å²) in [5, 5.41) is 11.3. The molecule has 31 heavy (non-hydrogen) atoms. The number of ketones is 1. The van der Waals surface area contributed by atoms with Gasteiger partial charge in [0.15, 0.2) is 6.79 Å². The Labute approximate surface area is 185 Å². The third-order valence-corrected chi connectivity index (χ3v) is 4.85. The fourth-order valence-electron chi connectivity index (χ4n) is 3.23. The molecule has 0 aliphatic carbocycles. The van der Waals surface area contributed by atoms with Gasteiger partial charge in [0.25, 0.3) is 0 Å².